The molecule has 1 aliphatic heterocycles. The molecule has 1 heterocycles. The average Bonchev–Trinajstić information content (AvgIpc) is 2.76. The fraction of sp³-hybridized carbons (Fsp3) is 0.538. The predicted octanol–water partition coefficient (Wildman–Crippen LogP) is 3.80. The second kappa shape index (κ2) is 9.28. The second-order valence-electron chi connectivity index (χ2n) is 4.72. The molecule has 2 nitrogen and oxygen atoms in total. The van der Waals surface area contributed by atoms with Crippen molar-refractivity contribution in [1.29, 1.82) is 0 Å². The van der Waals surface area contributed by atoms with E-state index in [4.69, 9.17) is 28.9 Å². The van der Waals surface area contributed by atoms with Crippen molar-refractivity contribution in [1.82, 2.24) is 4.90 Å². The third-order valence-corrected chi connectivity index (χ3v) is 3.91. The summed E-state index contributed by atoms with van der Waals surface area (Å²) < 4.78 is 0. The number of halogens is 4. The molecule has 1 aromatic carbocycles. The van der Waals surface area contributed by atoms with E-state index in [-0.39, 0.29) is 30.9 Å². The number of benzene rings is 1. The van der Waals surface area contributed by atoms with Gasteiger partial charge >= 0.3 is 0 Å². The first-order chi connectivity index (χ1) is 8.15. The summed E-state index contributed by atoms with van der Waals surface area (Å²) in [6.45, 7) is 3.35. The van der Waals surface area contributed by atoms with Gasteiger partial charge in [0.1, 0.15) is 0 Å². The fourth-order valence-corrected chi connectivity index (χ4v) is 2.65. The van der Waals surface area contributed by atoms with Crippen molar-refractivity contribution < 1.29 is 0 Å². The van der Waals surface area contributed by atoms with E-state index in [0.29, 0.717) is 10.0 Å². The Balaban J connectivity index is 0.00000162. The van der Waals surface area contributed by atoms with Crippen molar-refractivity contribution in [2.45, 2.75) is 25.3 Å². The summed E-state index contributed by atoms with van der Waals surface area (Å²) in [4.78, 5) is 2.43. The summed E-state index contributed by atoms with van der Waals surface area (Å²) in [6.07, 6.45) is 3.46. The van der Waals surface area contributed by atoms with E-state index in [9.17, 15) is 0 Å². The first kappa shape index (κ1) is 19.3. The molecule has 1 aromatic rings. The number of rotatable bonds is 4. The van der Waals surface area contributed by atoms with Gasteiger partial charge in [0, 0.05) is 12.6 Å². The topological polar surface area (TPSA) is 29.3 Å². The molecule has 1 atom stereocenters. The number of nitrogens with zero attached hydrogens (tertiary/aromatic N) is 1. The van der Waals surface area contributed by atoms with Gasteiger partial charge in [-0.05, 0) is 50.0 Å². The number of hydrogen-bond donors (Lipinski definition) is 1. The van der Waals surface area contributed by atoms with E-state index in [0.717, 1.165) is 18.5 Å². The molecule has 1 aliphatic rings. The molecule has 0 saturated carbocycles. The Hall–Kier alpha value is 0.300. The Morgan fingerprint density at radius 1 is 1.11 bits per heavy atom. The summed E-state index contributed by atoms with van der Waals surface area (Å²) in [7, 11) is 0. The molecule has 0 bridgehead atoms. The molecule has 2 N–H and O–H groups in total. The largest absolute Gasteiger partial charge is 0.326 e. The monoisotopic (exact) mass is 344 g/mol. The summed E-state index contributed by atoms with van der Waals surface area (Å²) in [6, 6.07) is 5.92. The number of likely N-dealkylation sites (tertiary alicyclic amines) is 1. The third-order valence-electron chi connectivity index (χ3n) is 3.17. The van der Waals surface area contributed by atoms with Crippen LogP contribution >= 0.6 is 48.0 Å². The maximum absolute atomic E-state index is 6.16. The van der Waals surface area contributed by atoms with Crippen molar-refractivity contribution in [2.75, 3.05) is 19.6 Å². The second-order valence-corrected chi connectivity index (χ2v) is 5.53. The molecule has 1 saturated heterocycles. The molecule has 0 amide bonds. The van der Waals surface area contributed by atoms with Gasteiger partial charge in [-0.25, -0.2) is 0 Å². The SMILES string of the molecule is Cl.Cl.NC(Cc1ccc(Cl)c(Cl)c1)CN1CCCC1. The molecule has 2 rings (SSSR count). The van der Waals surface area contributed by atoms with Crippen molar-refractivity contribution in [3.63, 3.8) is 0 Å². The minimum Gasteiger partial charge on any atom is -0.326 e. The van der Waals surface area contributed by atoms with E-state index in [1.807, 2.05) is 18.2 Å². The van der Waals surface area contributed by atoms with Gasteiger partial charge in [-0.2, -0.15) is 0 Å². The predicted molar refractivity (Wildman–Crippen MR) is 88.3 cm³/mol. The Morgan fingerprint density at radius 3 is 2.32 bits per heavy atom. The highest BCUT2D eigenvalue weighted by atomic mass is 35.5. The number of hydrogen-bond acceptors (Lipinski definition) is 2. The van der Waals surface area contributed by atoms with E-state index in [2.05, 4.69) is 4.90 Å². The molecule has 1 fully saturated rings. The van der Waals surface area contributed by atoms with Crippen LogP contribution in [0.1, 0.15) is 18.4 Å². The van der Waals surface area contributed by atoms with E-state index < -0.39 is 0 Å². The van der Waals surface area contributed by atoms with Crippen LogP contribution in [0.25, 0.3) is 0 Å². The molecule has 0 aliphatic carbocycles. The zero-order chi connectivity index (χ0) is 12.3. The molecule has 0 radical (unpaired) electrons. The number of nitrogens with two attached hydrogens (primary N) is 1. The van der Waals surface area contributed by atoms with Crippen LogP contribution in [-0.4, -0.2) is 30.6 Å². The van der Waals surface area contributed by atoms with Gasteiger partial charge in [-0.15, -0.1) is 24.8 Å². The lowest BCUT2D eigenvalue weighted by molar-refractivity contribution is 0.313. The summed E-state index contributed by atoms with van der Waals surface area (Å²) >= 11 is 11.9. The first-order valence-electron chi connectivity index (χ1n) is 6.07. The van der Waals surface area contributed by atoms with Gasteiger partial charge in [-0.3, -0.25) is 0 Å². The average molecular weight is 346 g/mol. The van der Waals surface area contributed by atoms with Crippen molar-refractivity contribution in [2.24, 2.45) is 5.73 Å². The van der Waals surface area contributed by atoms with Crippen LogP contribution in [0.4, 0.5) is 0 Å². The molecular formula is C13H20Cl4N2. The Morgan fingerprint density at radius 2 is 1.74 bits per heavy atom. The smallest absolute Gasteiger partial charge is 0.0595 e. The van der Waals surface area contributed by atoms with Crippen molar-refractivity contribution in [3.05, 3.63) is 33.8 Å². The zero-order valence-electron chi connectivity index (χ0n) is 10.6. The van der Waals surface area contributed by atoms with Gasteiger partial charge < -0.3 is 10.6 Å². The van der Waals surface area contributed by atoms with Crippen LogP contribution in [0.3, 0.4) is 0 Å². The maximum Gasteiger partial charge on any atom is 0.0595 e. The van der Waals surface area contributed by atoms with Gasteiger partial charge in [0.2, 0.25) is 0 Å². The lowest BCUT2D eigenvalue weighted by atomic mass is 10.1. The van der Waals surface area contributed by atoms with Gasteiger partial charge in [0.05, 0.1) is 10.0 Å². The molecule has 19 heavy (non-hydrogen) atoms. The molecule has 0 aromatic heterocycles. The van der Waals surface area contributed by atoms with Gasteiger partial charge in [0.15, 0.2) is 0 Å². The summed E-state index contributed by atoms with van der Waals surface area (Å²) in [5, 5.41) is 1.21. The minimum absolute atomic E-state index is 0. The highest BCUT2D eigenvalue weighted by Gasteiger charge is 2.15. The molecule has 110 valence electrons. The standard InChI is InChI=1S/C13H18Cl2N2.2ClH/c14-12-4-3-10(8-13(12)15)7-11(16)9-17-5-1-2-6-17;;/h3-4,8,11H,1-2,5-7,9,16H2;2*1H. The minimum atomic E-state index is 0. The third kappa shape index (κ3) is 6.07. The van der Waals surface area contributed by atoms with Crippen LogP contribution in [0.5, 0.6) is 0 Å². The zero-order valence-corrected chi connectivity index (χ0v) is 13.8. The van der Waals surface area contributed by atoms with Gasteiger partial charge in [0.25, 0.3) is 0 Å². The first-order valence-corrected chi connectivity index (χ1v) is 6.82. The van der Waals surface area contributed by atoms with E-state index in [1.165, 1.54) is 25.9 Å². The normalized spacial score (nSPS) is 16.6. The van der Waals surface area contributed by atoms with Crippen LogP contribution < -0.4 is 5.73 Å². The molecule has 1 unspecified atom stereocenters. The Bertz CT molecular complexity index is 381. The molecule has 6 heteroatoms. The molecule has 0 spiro atoms. The molecular weight excluding hydrogens is 326 g/mol. The van der Waals surface area contributed by atoms with Crippen molar-refractivity contribution in [3.8, 4) is 0 Å². The Kier molecular flexibility index (Phi) is 9.42. The summed E-state index contributed by atoms with van der Waals surface area (Å²) in [5.74, 6) is 0. The fourth-order valence-electron chi connectivity index (χ4n) is 2.33. The lowest BCUT2D eigenvalue weighted by Gasteiger charge is -2.20. The van der Waals surface area contributed by atoms with Crippen molar-refractivity contribution >= 4 is 48.0 Å². The van der Waals surface area contributed by atoms with Crippen LogP contribution in [-0.2, 0) is 6.42 Å². The summed E-state index contributed by atoms with van der Waals surface area (Å²) in [5.41, 5.74) is 7.31. The Labute approximate surface area is 137 Å². The highest BCUT2D eigenvalue weighted by Crippen LogP contribution is 2.23. The highest BCUT2D eigenvalue weighted by molar-refractivity contribution is 6.42. The van der Waals surface area contributed by atoms with Gasteiger partial charge in [-0.1, -0.05) is 29.3 Å². The quantitative estimate of drug-likeness (QED) is 0.899. The lowest BCUT2D eigenvalue weighted by Crippen LogP contribution is -2.37. The van der Waals surface area contributed by atoms with Crippen LogP contribution in [0, 0.1) is 0 Å². The van der Waals surface area contributed by atoms with E-state index in [1.54, 1.807) is 0 Å². The van der Waals surface area contributed by atoms with Crippen LogP contribution in [0.15, 0.2) is 18.2 Å². The van der Waals surface area contributed by atoms with E-state index >= 15 is 0 Å². The maximum atomic E-state index is 6.16. The van der Waals surface area contributed by atoms with Crippen LogP contribution in [0.2, 0.25) is 10.0 Å².